The SMILES string of the molecule is N#Cc1ccc(C(=O)NCC(F)(F)F)nc1. The van der Waals surface area contributed by atoms with Crippen molar-refractivity contribution in [3.05, 3.63) is 29.6 Å². The molecule has 0 atom stereocenters. The van der Waals surface area contributed by atoms with Crippen LogP contribution >= 0.6 is 0 Å². The van der Waals surface area contributed by atoms with Gasteiger partial charge in [-0.15, -0.1) is 0 Å². The summed E-state index contributed by atoms with van der Waals surface area (Å²) in [7, 11) is 0. The highest BCUT2D eigenvalue weighted by Crippen LogP contribution is 2.12. The highest BCUT2D eigenvalue weighted by molar-refractivity contribution is 5.92. The van der Waals surface area contributed by atoms with Crippen LogP contribution in [0.25, 0.3) is 0 Å². The standard InChI is InChI=1S/C9H6F3N3O/c10-9(11,12)5-15-8(16)7-2-1-6(3-13)4-14-7/h1-2,4H,5H2,(H,15,16). The highest BCUT2D eigenvalue weighted by atomic mass is 19.4. The Bertz CT molecular complexity index is 419. The third-order valence-corrected chi connectivity index (χ3v) is 1.57. The molecule has 4 nitrogen and oxygen atoms in total. The maximum Gasteiger partial charge on any atom is 0.405 e. The van der Waals surface area contributed by atoms with E-state index in [1.807, 2.05) is 0 Å². The van der Waals surface area contributed by atoms with Crippen molar-refractivity contribution in [2.45, 2.75) is 6.18 Å². The Balaban J connectivity index is 2.64. The van der Waals surface area contributed by atoms with Crippen LogP contribution in [0.15, 0.2) is 18.3 Å². The monoisotopic (exact) mass is 229 g/mol. The molecule has 1 aromatic rings. The molecule has 0 aliphatic carbocycles. The van der Waals surface area contributed by atoms with Gasteiger partial charge in [-0.1, -0.05) is 0 Å². The molecule has 0 fully saturated rings. The van der Waals surface area contributed by atoms with Crippen LogP contribution in [0.4, 0.5) is 13.2 Å². The molecule has 84 valence electrons. The number of hydrogen-bond donors (Lipinski definition) is 1. The average molecular weight is 229 g/mol. The number of nitrogens with zero attached hydrogens (tertiary/aromatic N) is 2. The molecule has 1 N–H and O–H groups in total. The van der Waals surface area contributed by atoms with E-state index in [9.17, 15) is 18.0 Å². The van der Waals surface area contributed by atoms with Gasteiger partial charge < -0.3 is 5.32 Å². The second-order valence-electron chi connectivity index (χ2n) is 2.84. The van der Waals surface area contributed by atoms with Gasteiger partial charge in [0.15, 0.2) is 0 Å². The van der Waals surface area contributed by atoms with E-state index >= 15 is 0 Å². The van der Waals surface area contributed by atoms with Crippen LogP contribution in [0.3, 0.4) is 0 Å². The number of nitrogens with one attached hydrogen (secondary N) is 1. The van der Waals surface area contributed by atoms with E-state index in [2.05, 4.69) is 4.98 Å². The second-order valence-corrected chi connectivity index (χ2v) is 2.84. The summed E-state index contributed by atoms with van der Waals surface area (Å²) in [5, 5.41) is 10.1. The third-order valence-electron chi connectivity index (χ3n) is 1.57. The zero-order valence-corrected chi connectivity index (χ0v) is 7.88. The van der Waals surface area contributed by atoms with E-state index in [0.29, 0.717) is 0 Å². The summed E-state index contributed by atoms with van der Waals surface area (Å²) >= 11 is 0. The topological polar surface area (TPSA) is 65.8 Å². The number of rotatable bonds is 2. The minimum Gasteiger partial charge on any atom is -0.342 e. The largest absolute Gasteiger partial charge is 0.405 e. The van der Waals surface area contributed by atoms with Crippen LogP contribution in [0, 0.1) is 11.3 Å². The van der Waals surface area contributed by atoms with Gasteiger partial charge >= 0.3 is 6.18 Å². The maximum absolute atomic E-state index is 11.8. The lowest BCUT2D eigenvalue weighted by Gasteiger charge is -2.07. The Kier molecular flexibility index (Phi) is 3.45. The molecule has 1 rings (SSSR count). The molecule has 1 heterocycles. The molecule has 1 aromatic heterocycles. The summed E-state index contributed by atoms with van der Waals surface area (Å²) in [6, 6.07) is 4.26. The number of pyridine rings is 1. The number of aromatic nitrogens is 1. The summed E-state index contributed by atoms with van der Waals surface area (Å²) in [6.45, 7) is -1.41. The van der Waals surface area contributed by atoms with Gasteiger partial charge in [-0.2, -0.15) is 18.4 Å². The van der Waals surface area contributed by atoms with Gasteiger partial charge in [0.2, 0.25) is 0 Å². The molecule has 7 heteroatoms. The van der Waals surface area contributed by atoms with Gasteiger partial charge in [-0.25, -0.2) is 4.98 Å². The summed E-state index contributed by atoms with van der Waals surface area (Å²) in [5.74, 6) is -0.929. The molecular formula is C9H6F3N3O. The molecule has 0 unspecified atom stereocenters. The number of halogens is 3. The maximum atomic E-state index is 11.8. The fourth-order valence-electron chi connectivity index (χ4n) is 0.865. The van der Waals surface area contributed by atoms with E-state index < -0.39 is 18.6 Å². The molecule has 0 bridgehead atoms. The van der Waals surface area contributed by atoms with Crippen LogP contribution < -0.4 is 5.32 Å². The fraction of sp³-hybridized carbons (Fsp3) is 0.222. The van der Waals surface area contributed by atoms with Crippen molar-refractivity contribution in [2.75, 3.05) is 6.54 Å². The number of alkyl halides is 3. The molecule has 0 saturated heterocycles. The van der Waals surface area contributed by atoms with Gasteiger partial charge in [0.05, 0.1) is 5.56 Å². The van der Waals surface area contributed by atoms with Crippen molar-refractivity contribution >= 4 is 5.91 Å². The van der Waals surface area contributed by atoms with Crippen LogP contribution in [-0.2, 0) is 0 Å². The van der Waals surface area contributed by atoms with E-state index in [-0.39, 0.29) is 11.3 Å². The third kappa shape index (κ3) is 3.57. The Hall–Kier alpha value is -2.10. The van der Waals surface area contributed by atoms with Crippen molar-refractivity contribution in [3.63, 3.8) is 0 Å². The Morgan fingerprint density at radius 1 is 1.50 bits per heavy atom. The van der Waals surface area contributed by atoms with Gasteiger partial charge in [-0.3, -0.25) is 4.79 Å². The lowest BCUT2D eigenvalue weighted by Crippen LogP contribution is -2.34. The Morgan fingerprint density at radius 2 is 2.19 bits per heavy atom. The molecule has 1 amide bonds. The minimum absolute atomic E-state index is 0.164. The first kappa shape index (κ1) is 12.0. The molecule has 16 heavy (non-hydrogen) atoms. The molecular weight excluding hydrogens is 223 g/mol. The van der Waals surface area contributed by atoms with Crippen LogP contribution in [0.2, 0.25) is 0 Å². The fourth-order valence-corrected chi connectivity index (χ4v) is 0.865. The van der Waals surface area contributed by atoms with E-state index in [1.54, 1.807) is 11.4 Å². The molecule has 0 aromatic carbocycles. The predicted octanol–water partition coefficient (Wildman–Crippen LogP) is 1.25. The second kappa shape index (κ2) is 4.61. The minimum atomic E-state index is -4.46. The van der Waals surface area contributed by atoms with Gasteiger partial charge in [-0.05, 0) is 12.1 Å². The van der Waals surface area contributed by atoms with E-state index in [1.165, 1.54) is 12.1 Å². The number of amides is 1. The van der Waals surface area contributed by atoms with Gasteiger partial charge in [0.1, 0.15) is 18.3 Å². The van der Waals surface area contributed by atoms with E-state index in [4.69, 9.17) is 5.26 Å². The number of hydrogen-bond acceptors (Lipinski definition) is 3. The first-order valence-electron chi connectivity index (χ1n) is 4.13. The van der Waals surface area contributed by atoms with Crippen molar-refractivity contribution in [3.8, 4) is 6.07 Å². The molecule has 0 spiro atoms. The molecule has 0 aliphatic rings. The lowest BCUT2D eigenvalue weighted by molar-refractivity contribution is -0.123. The summed E-state index contributed by atoms with van der Waals surface area (Å²) in [6.07, 6.45) is -3.34. The van der Waals surface area contributed by atoms with Crippen LogP contribution in [-0.4, -0.2) is 23.6 Å². The molecule has 0 aliphatic heterocycles. The first-order chi connectivity index (χ1) is 7.42. The first-order valence-corrected chi connectivity index (χ1v) is 4.13. The van der Waals surface area contributed by atoms with Crippen molar-refractivity contribution in [1.82, 2.24) is 10.3 Å². The van der Waals surface area contributed by atoms with Gasteiger partial charge in [0, 0.05) is 6.20 Å². The normalized spacial score (nSPS) is 10.6. The summed E-state index contributed by atoms with van der Waals surface area (Å²) in [4.78, 5) is 14.7. The van der Waals surface area contributed by atoms with Crippen LogP contribution in [0.5, 0.6) is 0 Å². The zero-order valence-electron chi connectivity index (χ0n) is 7.88. The van der Waals surface area contributed by atoms with Crippen molar-refractivity contribution < 1.29 is 18.0 Å². The predicted molar refractivity (Wildman–Crippen MR) is 47.3 cm³/mol. The lowest BCUT2D eigenvalue weighted by atomic mass is 10.2. The van der Waals surface area contributed by atoms with E-state index in [0.717, 1.165) is 6.20 Å². The summed E-state index contributed by atoms with van der Waals surface area (Å²) < 4.78 is 35.3. The average Bonchev–Trinajstić information content (AvgIpc) is 2.25. The molecule has 0 radical (unpaired) electrons. The van der Waals surface area contributed by atoms with Gasteiger partial charge in [0.25, 0.3) is 5.91 Å². The number of carbonyl (C=O) groups excluding carboxylic acids is 1. The molecule has 0 saturated carbocycles. The highest BCUT2D eigenvalue weighted by Gasteiger charge is 2.28. The quantitative estimate of drug-likeness (QED) is 0.829. The van der Waals surface area contributed by atoms with Crippen LogP contribution in [0.1, 0.15) is 16.1 Å². The Morgan fingerprint density at radius 3 is 2.62 bits per heavy atom. The summed E-state index contributed by atoms with van der Waals surface area (Å²) in [5.41, 5.74) is 0.0654. The number of carbonyl (C=O) groups is 1. The van der Waals surface area contributed by atoms with Crippen molar-refractivity contribution in [1.29, 1.82) is 5.26 Å². The zero-order chi connectivity index (χ0) is 12.2. The Labute approximate surface area is 88.7 Å². The van der Waals surface area contributed by atoms with Crippen molar-refractivity contribution in [2.24, 2.45) is 0 Å². The smallest absolute Gasteiger partial charge is 0.342 e. The number of nitriles is 1.